The first kappa shape index (κ1) is 208. The van der Waals surface area contributed by atoms with E-state index in [4.69, 9.17) is 17.5 Å². The predicted molar refractivity (Wildman–Crippen MR) is 61.4 cm³/mol. The Kier molecular flexibility index (Phi) is 1090. The largest absolute Gasteiger partial charge is 1.00 e. The van der Waals surface area contributed by atoms with Gasteiger partial charge in [-0.1, -0.05) is 0 Å². The van der Waals surface area contributed by atoms with Crippen molar-refractivity contribution in [1.82, 2.24) is 0 Å². The third kappa shape index (κ3) is 3810. The average molecular weight is 332 g/mol. The van der Waals surface area contributed by atoms with Crippen LogP contribution in [0.4, 0.5) is 0 Å². The van der Waals surface area contributed by atoms with E-state index in [9.17, 15) is 0 Å². The first-order valence-electron chi connectivity index (χ1n) is 0.698. The zero-order chi connectivity index (χ0) is 4.50. The molecule has 0 aromatic carbocycles. The van der Waals surface area contributed by atoms with E-state index in [1.54, 1.807) is 0 Å². The molecule has 0 saturated heterocycles. The minimum atomic E-state index is -4.67. The Morgan fingerprint density at radius 3 is 0.588 bits per heavy atom. The van der Waals surface area contributed by atoms with Crippen LogP contribution in [0.25, 0.3) is 0 Å². The average Bonchev–Trinajstić information content (AvgIpc) is 0.722. The van der Waals surface area contributed by atoms with Gasteiger partial charge in [0.25, 0.3) is 0 Å². The molecule has 22 N–H and O–H groups in total. The minimum absolute atomic E-state index is 0. The monoisotopic (exact) mass is 332 g/mol. The summed E-state index contributed by atoms with van der Waals surface area (Å²) in [7, 11) is -4.67. The van der Waals surface area contributed by atoms with E-state index in [2.05, 4.69) is 0 Å². The van der Waals surface area contributed by atoms with Gasteiger partial charge in [0.15, 0.2) is 17.4 Å². The molecule has 0 unspecified atom stereocenters. The van der Waals surface area contributed by atoms with E-state index < -0.39 is 10.4 Å². The van der Waals surface area contributed by atoms with Gasteiger partial charge in [0.1, 0.15) is 0 Å². The van der Waals surface area contributed by atoms with Gasteiger partial charge in [0, 0.05) is 0 Å². The van der Waals surface area contributed by atoms with Crippen LogP contribution in [0.2, 0.25) is 0 Å². The summed E-state index contributed by atoms with van der Waals surface area (Å²) >= 11 is 0. The Hall–Kier alpha value is 1.00. The predicted octanol–water partition coefficient (Wildman–Crippen LogP) is -13.0. The molecule has 0 saturated carbocycles. The van der Waals surface area contributed by atoms with Crippen LogP contribution < -0.4 is 29.6 Å². The second-order valence-electron chi connectivity index (χ2n) is 0.448. The van der Waals surface area contributed by atoms with Crippen LogP contribution >= 0.6 is 0 Å². The zero-order valence-corrected chi connectivity index (χ0v) is 10.9. The molecule has 0 aliphatic rings. The van der Waals surface area contributed by atoms with Crippen molar-refractivity contribution in [3.63, 3.8) is 0 Å². The fourth-order valence-electron chi connectivity index (χ4n) is 0. The maximum absolute atomic E-state index is 8.74. The summed E-state index contributed by atoms with van der Waals surface area (Å²) in [5, 5.41) is 0. The fourth-order valence-corrected chi connectivity index (χ4v) is 0. The molecule has 0 aliphatic heterocycles. The third-order valence-corrected chi connectivity index (χ3v) is 0. The summed E-state index contributed by atoms with van der Waals surface area (Å²) in [6, 6.07) is 0. The molecule has 17 heavy (non-hydrogen) atoms. The minimum Gasteiger partial charge on any atom is -1.00 e. The van der Waals surface area contributed by atoms with E-state index in [-0.39, 0.29) is 103 Å². The van der Waals surface area contributed by atoms with Crippen LogP contribution in [0.1, 0.15) is 1.43 Å². The Morgan fingerprint density at radius 1 is 0.588 bits per heavy atom. The summed E-state index contributed by atoms with van der Waals surface area (Å²) in [5.41, 5.74) is 0. The molecule has 0 rings (SSSR count). The van der Waals surface area contributed by atoms with Gasteiger partial charge in [0.2, 0.25) is 0 Å². The Labute approximate surface area is 131 Å². The maximum Gasteiger partial charge on any atom is 1.00 e. The van der Waals surface area contributed by atoms with Gasteiger partial charge >= 0.3 is 40.0 Å². The summed E-state index contributed by atoms with van der Waals surface area (Å²) < 4.78 is 31.6. The van der Waals surface area contributed by atoms with Gasteiger partial charge in [-0.2, -0.15) is 8.42 Å². The SMILES string of the molecule is O.O.O.O.O.O.O.O.O.O.O=S(=O)(O)O.[AlH3].[H-].[Na+]. The first-order valence-corrected chi connectivity index (χ1v) is 2.10. The van der Waals surface area contributed by atoms with Crippen molar-refractivity contribution in [3.05, 3.63) is 0 Å². The molecule has 0 bridgehead atoms. The summed E-state index contributed by atoms with van der Waals surface area (Å²) in [6.45, 7) is 0. The van der Waals surface area contributed by atoms with Crippen molar-refractivity contribution in [2.75, 3.05) is 0 Å². The van der Waals surface area contributed by atoms with E-state index in [1.165, 1.54) is 0 Å². The number of hydrogen-bond donors (Lipinski definition) is 2. The maximum atomic E-state index is 8.74. The van der Waals surface area contributed by atoms with E-state index in [1.807, 2.05) is 0 Å². The summed E-state index contributed by atoms with van der Waals surface area (Å²) in [4.78, 5) is 0. The van der Waals surface area contributed by atoms with Crippen LogP contribution in [0.15, 0.2) is 0 Å². The van der Waals surface area contributed by atoms with Gasteiger partial charge in [-0.25, -0.2) is 0 Å². The Morgan fingerprint density at radius 2 is 0.588 bits per heavy atom. The fraction of sp³-hybridized carbons (Fsp3) is 0. The number of rotatable bonds is 0. The van der Waals surface area contributed by atoms with Crippen LogP contribution in [-0.2, 0) is 10.4 Å². The van der Waals surface area contributed by atoms with Crippen molar-refractivity contribution in [2.24, 2.45) is 0 Å². The zero-order valence-electron chi connectivity index (χ0n) is 9.12. The molecule has 14 nitrogen and oxygen atoms in total. The van der Waals surface area contributed by atoms with Gasteiger partial charge < -0.3 is 56.2 Å². The standard InChI is InChI=1S/Al.Na.H2O4S.10H2O.4H/c;;1-5(2,3)4;;;;;;;;;;;;;;/h;;(H2,1,2,3,4);10*1H2;;;;/q;+1;;;;;;;;;;;;;;;-1. The molecule has 0 aromatic heterocycles. The van der Waals surface area contributed by atoms with Crippen molar-refractivity contribution in [2.45, 2.75) is 0 Å². The molecule has 0 aromatic rings. The third-order valence-electron chi connectivity index (χ3n) is 0. The van der Waals surface area contributed by atoms with Gasteiger partial charge in [-0.15, -0.1) is 0 Å². The van der Waals surface area contributed by atoms with E-state index in [0.717, 1.165) is 0 Å². The normalized spacial score (nSPS) is 3.41. The summed E-state index contributed by atoms with van der Waals surface area (Å²) in [5.74, 6) is 0. The van der Waals surface area contributed by atoms with Crippen molar-refractivity contribution < 1.29 is 103 Å². The molecule has 0 aliphatic carbocycles. The van der Waals surface area contributed by atoms with Crippen molar-refractivity contribution in [3.8, 4) is 0 Å². The van der Waals surface area contributed by atoms with Crippen LogP contribution in [-0.4, -0.2) is 89.6 Å². The summed E-state index contributed by atoms with van der Waals surface area (Å²) in [6.07, 6.45) is 0. The second-order valence-corrected chi connectivity index (χ2v) is 1.34. The van der Waals surface area contributed by atoms with Crippen LogP contribution in [0.3, 0.4) is 0 Å². The molecule has 0 amide bonds. The van der Waals surface area contributed by atoms with E-state index >= 15 is 0 Å². The molecule has 0 radical (unpaired) electrons. The van der Waals surface area contributed by atoms with Crippen molar-refractivity contribution >= 4 is 27.8 Å². The van der Waals surface area contributed by atoms with Gasteiger partial charge in [0.05, 0.1) is 0 Å². The first-order chi connectivity index (χ1) is 2.00. The Bertz CT molecular complexity index is 105. The molecule has 0 spiro atoms. The molecule has 0 fully saturated rings. The quantitative estimate of drug-likeness (QED) is 0.321. The molecular weight excluding hydrogens is 306 g/mol. The number of hydrogen-bond acceptors (Lipinski definition) is 2. The molecule has 0 heterocycles. The molecular formula is H26AlNaO14S. The molecule has 120 valence electrons. The Balaban J connectivity index is -0.00000000103. The smallest absolute Gasteiger partial charge is 1.00 e. The van der Waals surface area contributed by atoms with Crippen LogP contribution in [0.5, 0.6) is 0 Å². The topological polar surface area (TPSA) is 390 Å². The van der Waals surface area contributed by atoms with Gasteiger partial charge in [-0.3, -0.25) is 9.11 Å². The molecule has 0 atom stereocenters. The van der Waals surface area contributed by atoms with Gasteiger partial charge in [-0.05, 0) is 0 Å². The van der Waals surface area contributed by atoms with Crippen LogP contribution in [0, 0.1) is 0 Å². The van der Waals surface area contributed by atoms with E-state index in [0.29, 0.717) is 0 Å². The van der Waals surface area contributed by atoms with Crippen molar-refractivity contribution in [1.29, 1.82) is 0 Å². The second kappa shape index (κ2) is 88.8. The molecule has 17 heteroatoms.